The lowest BCUT2D eigenvalue weighted by molar-refractivity contribution is -0.155. The van der Waals surface area contributed by atoms with Crippen LogP contribution in [0.15, 0.2) is 18.5 Å². The van der Waals surface area contributed by atoms with Crippen LogP contribution < -0.4 is 10.6 Å². The Bertz CT molecular complexity index is 1340. The van der Waals surface area contributed by atoms with Crippen molar-refractivity contribution < 1.29 is 40.3 Å². The van der Waals surface area contributed by atoms with Gasteiger partial charge in [-0.2, -0.15) is 18.3 Å². The minimum atomic E-state index is -4.48. The fourth-order valence-corrected chi connectivity index (χ4v) is 6.49. The lowest BCUT2D eigenvalue weighted by Gasteiger charge is -2.34. The molecule has 2 aromatic rings. The highest BCUT2D eigenvalue weighted by molar-refractivity contribution is 5.82. The molecule has 2 aromatic heterocycles. The third-order valence-electron chi connectivity index (χ3n) is 9.17. The first-order chi connectivity index (χ1) is 19.7. The van der Waals surface area contributed by atoms with E-state index in [1.54, 1.807) is 12.3 Å². The quantitative estimate of drug-likeness (QED) is 0.349. The molecule has 2 heterocycles. The van der Waals surface area contributed by atoms with Gasteiger partial charge in [0.1, 0.15) is 0 Å². The SMILES string of the molecule is O=C(CC1CC(F)(F)C1)N[C@@H](c1cnn2cc([C@@H](NC(=O)C3CC3C(F)(F)F)C3CCC(F)(F)CC3)nc2c1)C1CC1. The van der Waals surface area contributed by atoms with Crippen LogP contribution in [-0.2, 0) is 9.59 Å². The van der Waals surface area contributed by atoms with E-state index >= 15 is 0 Å². The molecule has 0 saturated heterocycles. The molecule has 0 spiro atoms. The van der Waals surface area contributed by atoms with E-state index in [9.17, 15) is 40.3 Å². The smallest absolute Gasteiger partial charge is 0.349 e. The summed E-state index contributed by atoms with van der Waals surface area (Å²) in [5.74, 6) is -10.2. The Morgan fingerprint density at radius 3 is 2.24 bits per heavy atom. The second kappa shape index (κ2) is 10.4. The molecule has 4 aliphatic carbocycles. The molecule has 42 heavy (non-hydrogen) atoms. The molecule has 2 unspecified atom stereocenters. The number of carbonyl (C=O) groups is 2. The lowest BCUT2D eigenvalue weighted by Crippen LogP contribution is -2.39. The van der Waals surface area contributed by atoms with Crippen LogP contribution in [0.1, 0.15) is 87.5 Å². The summed E-state index contributed by atoms with van der Waals surface area (Å²) < 4.78 is 94.9. The molecule has 14 heteroatoms. The first-order valence-electron chi connectivity index (χ1n) is 14.4. The summed E-state index contributed by atoms with van der Waals surface area (Å²) in [7, 11) is 0. The number of imidazole rings is 1. The Labute approximate surface area is 237 Å². The van der Waals surface area contributed by atoms with Gasteiger partial charge in [0.2, 0.25) is 23.7 Å². The molecule has 4 saturated carbocycles. The van der Waals surface area contributed by atoms with E-state index in [0.29, 0.717) is 16.9 Å². The highest BCUT2D eigenvalue weighted by Crippen LogP contribution is 2.51. The van der Waals surface area contributed by atoms with Crippen LogP contribution >= 0.6 is 0 Å². The predicted octanol–water partition coefficient (Wildman–Crippen LogP) is 5.91. The number of hydrogen-bond donors (Lipinski definition) is 2. The maximum atomic E-state index is 13.9. The second-order valence-corrected chi connectivity index (χ2v) is 12.6. The third kappa shape index (κ3) is 6.36. The van der Waals surface area contributed by atoms with Crippen LogP contribution in [0.25, 0.3) is 5.65 Å². The van der Waals surface area contributed by atoms with Gasteiger partial charge in [0.15, 0.2) is 5.65 Å². The molecule has 6 rings (SSSR count). The summed E-state index contributed by atoms with van der Waals surface area (Å²) >= 11 is 0. The Morgan fingerprint density at radius 1 is 0.976 bits per heavy atom. The highest BCUT2D eigenvalue weighted by atomic mass is 19.4. The molecule has 2 amide bonds. The van der Waals surface area contributed by atoms with E-state index in [1.165, 1.54) is 10.7 Å². The van der Waals surface area contributed by atoms with Gasteiger partial charge in [-0.15, -0.1) is 0 Å². The molecule has 0 radical (unpaired) electrons. The molecule has 0 aromatic carbocycles. The summed E-state index contributed by atoms with van der Waals surface area (Å²) in [4.78, 5) is 30.0. The fourth-order valence-electron chi connectivity index (χ4n) is 6.49. The Balaban J connectivity index is 1.20. The van der Waals surface area contributed by atoms with Gasteiger partial charge >= 0.3 is 6.18 Å². The average Bonchev–Trinajstić information content (AvgIpc) is 3.80. The molecular formula is C28H32F7N5O2. The zero-order valence-electron chi connectivity index (χ0n) is 22.6. The van der Waals surface area contributed by atoms with Crippen molar-refractivity contribution in [3.05, 3.63) is 29.7 Å². The van der Waals surface area contributed by atoms with E-state index in [0.717, 1.165) is 12.8 Å². The summed E-state index contributed by atoms with van der Waals surface area (Å²) in [5, 5.41) is 10.0. The topological polar surface area (TPSA) is 88.4 Å². The van der Waals surface area contributed by atoms with Crippen LogP contribution in [0.3, 0.4) is 0 Å². The number of nitrogens with zero attached hydrogens (tertiary/aromatic N) is 3. The molecule has 0 bridgehead atoms. The Morgan fingerprint density at radius 2 is 1.64 bits per heavy atom. The van der Waals surface area contributed by atoms with Gasteiger partial charge in [-0.1, -0.05) is 0 Å². The maximum absolute atomic E-state index is 13.9. The van der Waals surface area contributed by atoms with Crippen LogP contribution in [0.2, 0.25) is 0 Å². The van der Waals surface area contributed by atoms with Crippen molar-refractivity contribution >= 4 is 17.5 Å². The van der Waals surface area contributed by atoms with Gasteiger partial charge in [0.25, 0.3) is 0 Å². The standard InChI is InChI=1S/C28H32F7N5O2/c29-26(30)5-3-16(4-6-26)24(39-25(42)18-9-19(18)28(33,34)35)20-13-40-21(37-20)8-17(12-36-40)23(15-1-2-15)38-22(41)7-14-10-27(31,32)11-14/h8,12-16,18-19,23-24H,1-7,9-11H2,(H,38,41)(H,39,42)/t18?,19?,23-,24+/m1/s1. The summed E-state index contributed by atoms with van der Waals surface area (Å²) in [6.07, 6.45) is -1.18. The number of aromatic nitrogens is 3. The third-order valence-corrected chi connectivity index (χ3v) is 9.17. The molecule has 2 N–H and O–H groups in total. The fraction of sp³-hybridized carbons (Fsp3) is 0.714. The molecular weight excluding hydrogens is 571 g/mol. The summed E-state index contributed by atoms with van der Waals surface area (Å²) in [6, 6.07) is 0.458. The number of alkyl halides is 7. The van der Waals surface area contributed by atoms with Crippen LogP contribution in [0.4, 0.5) is 30.7 Å². The number of hydrogen-bond acceptors (Lipinski definition) is 4. The van der Waals surface area contributed by atoms with Gasteiger partial charge in [-0.05, 0) is 61.5 Å². The van der Waals surface area contributed by atoms with Crippen LogP contribution in [0, 0.1) is 29.6 Å². The van der Waals surface area contributed by atoms with Gasteiger partial charge in [-0.25, -0.2) is 27.1 Å². The minimum absolute atomic E-state index is 0.0139. The largest absolute Gasteiger partial charge is 0.392 e. The molecule has 4 fully saturated rings. The lowest BCUT2D eigenvalue weighted by atomic mass is 9.79. The zero-order valence-corrected chi connectivity index (χ0v) is 22.6. The number of rotatable bonds is 9. The molecule has 7 nitrogen and oxygen atoms in total. The van der Waals surface area contributed by atoms with E-state index in [1.807, 2.05) is 0 Å². The van der Waals surface area contributed by atoms with Crippen molar-refractivity contribution in [3.8, 4) is 0 Å². The molecule has 4 atom stereocenters. The second-order valence-electron chi connectivity index (χ2n) is 12.6. The van der Waals surface area contributed by atoms with Crippen molar-refractivity contribution in [2.24, 2.45) is 29.6 Å². The number of amides is 2. The van der Waals surface area contributed by atoms with Crippen molar-refractivity contribution in [2.75, 3.05) is 0 Å². The number of nitrogens with one attached hydrogen (secondary N) is 2. The van der Waals surface area contributed by atoms with Crippen molar-refractivity contribution in [2.45, 2.75) is 94.3 Å². The number of halogens is 7. The summed E-state index contributed by atoms with van der Waals surface area (Å²) in [6.45, 7) is 0. The van der Waals surface area contributed by atoms with Gasteiger partial charge in [-0.3, -0.25) is 9.59 Å². The van der Waals surface area contributed by atoms with Crippen molar-refractivity contribution in [1.29, 1.82) is 0 Å². The Kier molecular flexibility index (Phi) is 7.19. The van der Waals surface area contributed by atoms with E-state index in [2.05, 4.69) is 20.7 Å². The zero-order chi connectivity index (χ0) is 30.0. The average molecular weight is 604 g/mol. The summed E-state index contributed by atoms with van der Waals surface area (Å²) in [5.41, 5.74) is 1.34. The van der Waals surface area contributed by atoms with Gasteiger partial charge in [0, 0.05) is 32.1 Å². The number of fused-ring (bicyclic) bond motifs is 1. The normalized spacial score (nSPS) is 27.2. The van der Waals surface area contributed by atoms with Crippen molar-refractivity contribution in [1.82, 2.24) is 25.2 Å². The van der Waals surface area contributed by atoms with E-state index in [-0.39, 0.29) is 62.3 Å². The Hall–Kier alpha value is -2.93. The van der Waals surface area contributed by atoms with Crippen LogP contribution in [-0.4, -0.2) is 44.4 Å². The minimum Gasteiger partial charge on any atom is -0.349 e. The predicted molar refractivity (Wildman–Crippen MR) is 134 cm³/mol. The van der Waals surface area contributed by atoms with Gasteiger partial charge < -0.3 is 10.6 Å². The monoisotopic (exact) mass is 603 g/mol. The highest BCUT2D eigenvalue weighted by Gasteiger charge is 2.59. The molecule has 4 aliphatic rings. The van der Waals surface area contributed by atoms with E-state index in [4.69, 9.17) is 0 Å². The molecule has 0 aliphatic heterocycles. The maximum Gasteiger partial charge on any atom is 0.392 e. The van der Waals surface area contributed by atoms with Crippen molar-refractivity contribution in [3.63, 3.8) is 0 Å². The van der Waals surface area contributed by atoms with Crippen LogP contribution in [0.5, 0.6) is 0 Å². The van der Waals surface area contributed by atoms with Gasteiger partial charge in [0.05, 0.1) is 42.0 Å². The number of carbonyl (C=O) groups excluding carboxylic acids is 2. The van der Waals surface area contributed by atoms with E-state index < -0.39 is 60.6 Å². The first kappa shape index (κ1) is 29.2. The molecule has 230 valence electrons. The first-order valence-corrected chi connectivity index (χ1v) is 14.4.